The molecule has 0 fully saturated rings. The normalized spacial score (nSPS) is 11.6. The number of carbonyl (C=O) groups excluding carboxylic acids is 1. The number of carbonyl (C=O) groups is 1. The van der Waals surface area contributed by atoms with E-state index < -0.39 is 10.0 Å². The molecule has 1 amide bonds. The van der Waals surface area contributed by atoms with Crippen LogP contribution in [-0.4, -0.2) is 53.2 Å². The minimum absolute atomic E-state index is 0.0818. The van der Waals surface area contributed by atoms with Gasteiger partial charge in [-0.25, -0.2) is 12.7 Å². The smallest absolute Gasteiger partial charge is 0.242 e. The lowest BCUT2D eigenvalue weighted by Gasteiger charge is -2.15. The molecule has 4 aromatic rings. The van der Waals surface area contributed by atoms with E-state index in [4.69, 9.17) is 0 Å². The first kappa shape index (κ1) is 27.6. The highest BCUT2D eigenvalue weighted by Crippen LogP contribution is 2.27. The van der Waals surface area contributed by atoms with E-state index in [1.165, 1.54) is 38.0 Å². The van der Waals surface area contributed by atoms with Crippen molar-refractivity contribution >= 4 is 33.4 Å². The van der Waals surface area contributed by atoms with Crippen molar-refractivity contribution in [2.24, 2.45) is 0 Å². The summed E-state index contributed by atoms with van der Waals surface area (Å²) in [6.07, 6.45) is 0.597. The van der Waals surface area contributed by atoms with Crippen LogP contribution < -0.4 is 5.32 Å². The largest absolute Gasteiger partial charge is 0.325 e. The van der Waals surface area contributed by atoms with Crippen LogP contribution in [0.3, 0.4) is 0 Å². The second kappa shape index (κ2) is 11.5. The van der Waals surface area contributed by atoms with Crippen molar-refractivity contribution < 1.29 is 13.2 Å². The molecule has 0 saturated carbocycles. The van der Waals surface area contributed by atoms with Crippen LogP contribution in [0.5, 0.6) is 0 Å². The Balaban J connectivity index is 1.58. The Morgan fingerprint density at radius 2 is 1.68 bits per heavy atom. The molecule has 10 heteroatoms. The van der Waals surface area contributed by atoms with E-state index in [0.29, 0.717) is 17.3 Å². The van der Waals surface area contributed by atoms with E-state index in [9.17, 15) is 13.2 Å². The maximum Gasteiger partial charge on any atom is 0.242 e. The van der Waals surface area contributed by atoms with E-state index in [2.05, 4.69) is 28.5 Å². The average Bonchev–Trinajstić information content (AvgIpc) is 3.26. The quantitative estimate of drug-likeness (QED) is 0.302. The van der Waals surface area contributed by atoms with Gasteiger partial charge in [0.15, 0.2) is 5.16 Å². The van der Waals surface area contributed by atoms with Gasteiger partial charge in [0.2, 0.25) is 15.9 Å². The molecule has 198 valence electrons. The third kappa shape index (κ3) is 6.15. The standard InChI is InChI=1S/C28H31N5O3S2/c1-19-11-14-25(21(3)15-19)33-26(16-22-9-7-6-8-10-22)30-31-28(33)37-18-27(34)29-24-17-23(13-12-20(24)2)38(35,36)32(4)5/h6-15,17H,16,18H2,1-5H3,(H,29,34). The highest BCUT2D eigenvalue weighted by Gasteiger charge is 2.20. The molecule has 3 aromatic carbocycles. The molecule has 0 saturated heterocycles. The number of anilines is 1. The van der Waals surface area contributed by atoms with Gasteiger partial charge in [0, 0.05) is 26.2 Å². The number of benzene rings is 3. The monoisotopic (exact) mass is 549 g/mol. The minimum atomic E-state index is -3.62. The van der Waals surface area contributed by atoms with Crippen LogP contribution in [0, 0.1) is 20.8 Å². The summed E-state index contributed by atoms with van der Waals surface area (Å²) in [7, 11) is -0.670. The van der Waals surface area contributed by atoms with Crippen LogP contribution in [0.15, 0.2) is 76.8 Å². The van der Waals surface area contributed by atoms with Crippen LogP contribution in [0.2, 0.25) is 0 Å². The number of nitrogens with one attached hydrogen (secondary N) is 1. The highest BCUT2D eigenvalue weighted by molar-refractivity contribution is 7.99. The molecule has 0 aliphatic heterocycles. The Bertz CT molecular complexity index is 1560. The summed E-state index contributed by atoms with van der Waals surface area (Å²) >= 11 is 1.28. The number of amides is 1. The Labute approximate surface area is 228 Å². The zero-order valence-corrected chi connectivity index (χ0v) is 23.7. The molecular weight excluding hydrogens is 518 g/mol. The lowest BCUT2D eigenvalue weighted by Crippen LogP contribution is -2.22. The van der Waals surface area contributed by atoms with Crippen molar-refractivity contribution in [3.05, 3.63) is 94.8 Å². The number of nitrogens with zero attached hydrogens (tertiary/aromatic N) is 4. The fourth-order valence-electron chi connectivity index (χ4n) is 4.01. The van der Waals surface area contributed by atoms with Gasteiger partial charge in [0.05, 0.1) is 16.3 Å². The first-order chi connectivity index (χ1) is 18.1. The van der Waals surface area contributed by atoms with E-state index >= 15 is 0 Å². The average molecular weight is 550 g/mol. The second-order valence-corrected chi connectivity index (χ2v) is 12.4. The van der Waals surface area contributed by atoms with Crippen molar-refractivity contribution in [2.45, 2.75) is 37.2 Å². The topological polar surface area (TPSA) is 97.2 Å². The highest BCUT2D eigenvalue weighted by atomic mass is 32.2. The molecule has 0 aliphatic carbocycles. The SMILES string of the molecule is Cc1ccc(-n2c(Cc3ccccc3)nnc2SCC(=O)Nc2cc(S(=O)(=O)N(C)C)ccc2C)c(C)c1. The van der Waals surface area contributed by atoms with Gasteiger partial charge in [-0.05, 0) is 55.7 Å². The zero-order valence-electron chi connectivity index (χ0n) is 22.1. The molecule has 1 heterocycles. The summed E-state index contributed by atoms with van der Waals surface area (Å²) in [5.74, 6) is 0.596. The number of aromatic nitrogens is 3. The maximum absolute atomic E-state index is 12.9. The molecule has 8 nitrogen and oxygen atoms in total. The Morgan fingerprint density at radius 1 is 0.947 bits per heavy atom. The first-order valence-electron chi connectivity index (χ1n) is 12.1. The van der Waals surface area contributed by atoms with Gasteiger partial charge in [-0.15, -0.1) is 10.2 Å². The van der Waals surface area contributed by atoms with Crippen LogP contribution in [0.4, 0.5) is 5.69 Å². The van der Waals surface area contributed by atoms with Gasteiger partial charge in [-0.1, -0.05) is 65.9 Å². The van der Waals surface area contributed by atoms with Gasteiger partial charge >= 0.3 is 0 Å². The second-order valence-electron chi connectivity index (χ2n) is 9.29. The molecule has 0 spiro atoms. The Kier molecular flexibility index (Phi) is 8.35. The fourth-order valence-corrected chi connectivity index (χ4v) is 5.70. The molecule has 1 N–H and O–H groups in total. The summed E-state index contributed by atoms with van der Waals surface area (Å²) in [5, 5.41) is 12.4. The van der Waals surface area contributed by atoms with Gasteiger partial charge in [-0.2, -0.15) is 0 Å². The summed E-state index contributed by atoms with van der Waals surface area (Å²) in [4.78, 5) is 13.1. The van der Waals surface area contributed by atoms with Crippen LogP contribution >= 0.6 is 11.8 Å². The van der Waals surface area contributed by atoms with Gasteiger partial charge in [-0.3, -0.25) is 9.36 Å². The maximum atomic E-state index is 12.9. The molecule has 1 aromatic heterocycles. The van der Waals surface area contributed by atoms with E-state index in [1.807, 2.05) is 60.9 Å². The molecule has 0 radical (unpaired) electrons. The predicted molar refractivity (Wildman–Crippen MR) is 151 cm³/mol. The van der Waals surface area contributed by atoms with E-state index in [-0.39, 0.29) is 16.6 Å². The van der Waals surface area contributed by atoms with Gasteiger partial charge in [0.25, 0.3) is 0 Å². The van der Waals surface area contributed by atoms with Crippen molar-refractivity contribution in [3.8, 4) is 5.69 Å². The Hall–Kier alpha value is -3.47. The van der Waals surface area contributed by atoms with Crippen LogP contribution in [0.25, 0.3) is 5.69 Å². The van der Waals surface area contributed by atoms with Crippen molar-refractivity contribution in [3.63, 3.8) is 0 Å². The Morgan fingerprint density at radius 3 is 2.37 bits per heavy atom. The molecule has 4 rings (SSSR count). The number of hydrogen-bond donors (Lipinski definition) is 1. The number of sulfonamides is 1. The number of thioether (sulfide) groups is 1. The molecule has 0 atom stereocenters. The number of aryl methyl sites for hydroxylation is 3. The lowest BCUT2D eigenvalue weighted by atomic mass is 10.1. The van der Waals surface area contributed by atoms with Crippen LogP contribution in [-0.2, 0) is 21.2 Å². The summed E-state index contributed by atoms with van der Waals surface area (Å²) in [6, 6.07) is 21.0. The molecular formula is C28H31N5O3S2. The third-order valence-electron chi connectivity index (χ3n) is 6.09. The number of rotatable bonds is 9. The van der Waals surface area contributed by atoms with Crippen molar-refractivity contribution in [1.82, 2.24) is 19.1 Å². The molecule has 0 aliphatic rings. The third-order valence-corrected chi connectivity index (χ3v) is 8.83. The van der Waals surface area contributed by atoms with Crippen molar-refractivity contribution in [1.29, 1.82) is 0 Å². The summed E-state index contributed by atoms with van der Waals surface area (Å²) < 4.78 is 28.2. The first-order valence-corrected chi connectivity index (χ1v) is 14.5. The molecule has 0 bridgehead atoms. The van der Waals surface area contributed by atoms with Crippen LogP contribution in [0.1, 0.15) is 28.1 Å². The van der Waals surface area contributed by atoms with Gasteiger partial charge < -0.3 is 5.32 Å². The summed E-state index contributed by atoms with van der Waals surface area (Å²) in [6.45, 7) is 5.92. The van der Waals surface area contributed by atoms with Crippen molar-refractivity contribution in [2.75, 3.05) is 25.2 Å². The van der Waals surface area contributed by atoms with E-state index in [0.717, 1.165) is 38.1 Å². The minimum Gasteiger partial charge on any atom is -0.325 e. The number of hydrogen-bond acceptors (Lipinski definition) is 6. The molecule has 38 heavy (non-hydrogen) atoms. The lowest BCUT2D eigenvalue weighted by molar-refractivity contribution is -0.113. The summed E-state index contributed by atoms with van der Waals surface area (Å²) in [5.41, 5.74) is 5.55. The predicted octanol–water partition coefficient (Wildman–Crippen LogP) is 4.76. The van der Waals surface area contributed by atoms with Gasteiger partial charge in [0.1, 0.15) is 5.82 Å². The van der Waals surface area contributed by atoms with E-state index in [1.54, 1.807) is 6.07 Å². The fraction of sp³-hybridized carbons (Fsp3) is 0.250. The molecule has 0 unspecified atom stereocenters. The zero-order chi connectivity index (χ0) is 27.4.